The molecule has 0 aromatic carbocycles. The van der Waals surface area contributed by atoms with Gasteiger partial charge >= 0.3 is 0 Å². The smallest absolute Gasteiger partial charge is 0.159 e. The number of hydrogen-bond acceptors (Lipinski definition) is 2. The van der Waals surface area contributed by atoms with Crippen LogP contribution in [0.25, 0.3) is 5.82 Å². The first kappa shape index (κ1) is 14.4. The summed E-state index contributed by atoms with van der Waals surface area (Å²) in [5.74, 6) is 1.05. The fourth-order valence-electron chi connectivity index (χ4n) is 3.21. The molecule has 0 amide bonds. The highest BCUT2D eigenvalue weighted by Gasteiger charge is 2.27. The summed E-state index contributed by atoms with van der Waals surface area (Å²) >= 11 is 0. The van der Waals surface area contributed by atoms with E-state index in [9.17, 15) is 0 Å². The van der Waals surface area contributed by atoms with Gasteiger partial charge in [0.2, 0.25) is 0 Å². The van der Waals surface area contributed by atoms with Gasteiger partial charge in [0, 0.05) is 35.1 Å². The molecule has 114 valence electrons. The lowest BCUT2D eigenvalue weighted by molar-refractivity contribution is 0.423. The maximum absolute atomic E-state index is 4.96. The van der Waals surface area contributed by atoms with Crippen LogP contribution in [0.1, 0.15) is 50.3 Å². The average molecular weight is 286 g/mol. The molecule has 2 aromatic rings. The predicted molar refractivity (Wildman–Crippen MR) is 86.3 cm³/mol. The molecule has 0 spiro atoms. The first-order valence-corrected chi connectivity index (χ1v) is 7.84. The van der Waals surface area contributed by atoms with Gasteiger partial charge in [-0.25, -0.2) is 0 Å². The molecule has 1 aliphatic heterocycles. The van der Waals surface area contributed by atoms with Gasteiger partial charge in [0.1, 0.15) is 0 Å². The van der Waals surface area contributed by atoms with E-state index in [0.29, 0.717) is 6.04 Å². The monoisotopic (exact) mass is 286 g/mol. The maximum Gasteiger partial charge on any atom is 0.159 e. The number of rotatable bonds is 2. The molecule has 1 fully saturated rings. The summed E-state index contributed by atoms with van der Waals surface area (Å²) in [7, 11) is 0. The van der Waals surface area contributed by atoms with Crippen molar-refractivity contribution in [2.75, 3.05) is 13.1 Å². The highest BCUT2D eigenvalue weighted by molar-refractivity contribution is 5.35. The van der Waals surface area contributed by atoms with E-state index in [4.69, 9.17) is 5.10 Å². The van der Waals surface area contributed by atoms with Crippen molar-refractivity contribution in [3.8, 4) is 5.82 Å². The second kappa shape index (κ2) is 5.02. The number of nitrogens with one attached hydrogen (secondary N) is 1. The molecule has 0 saturated carbocycles. The number of nitrogens with zero attached hydrogens (tertiary/aromatic N) is 3. The van der Waals surface area contributed by atoms with Crippen LogP contribution in [-0.4, -0.2) is 27.4 Å². The largest absolute Gasteiger partial charge is 0.315 e. The van der Waals surface area contributed by atoms with Gasteiger partial charge in [0.05, 0.1) is 6.04 Å². The summed E-state index contributed by atoms with van der Waals surface area (Å²) in [6, 6.07) is 7.05. The van der Waals surface area contributed by atoms with Crippen molar-refractivity contribution in [2.24, 2.45) is 0 Å². The Bertz CT molecular complexity index is 617. The molecule has 0 unspecified atom stereocenters. The van der Waals surface area contributed by atoms with E-state index < -0.39 is 0 Å². The van der Waals surface area contributed by atoms with E-state index in [-0.39, 0.29) is 5.41 Å². The summed E-state index contributed by atoms with van der Waals surface area (Å²) in [4.78, 5) is 0. The summed E-state index contributed by atoms with van der Waals surface area (Å²) in [6.07, 6.45) is 1.16. The molecule has 4 nitrogen and oxygen atoms in total. The third-order valence-electron chi connectivity index (χ3n) is 4.37. The lowest BCUT2D eigenvalue weighted by atomic mass is 9.91. The Morgan fingerprint density at radius 2 is 1.86 bits per heavy atom. The average Bonchev–Trinajstić information content (AvgIpc) is 3.07. The molecule has 0 aliphatic carbocycles. The van der Waals surface area contributed by atoms with Crippen LogP contribution in [-0.2, 0) is 5.41 Å². The zero-order chi connectivity index (χ0) is 15.2. The molecular weight excluding hydrogens is 260 g/mol. The third-order valence-corrected chi connectivity index (χ3v) is 4.37. The van der Waals surface area contributed by atoms with Crippen LogP contribution in [0.2, 0.25) is 0 Å². The molecule has 4 heteroatoms. The second-order valence-electron chi connectivity index (χ2n) is 7.18. The Morgan fingerprint density at radius 3 is 2.38 bits per heavy atom. The van der Waals surface area contributed by atoms with Crippen LogP contribution in [0.4, 0.5) is 0 Å². The number of aryl methyl sites for hydroxylation is 2. The standard InChI is InChI=1S/C17H26N4/c1-12-6-7-13(2)20(12)16-10-15(17(3,4)5)21(19-16)14-8-9-18-11-14/h6-7,10,14,18H,8-9,11H2,1-5H3/t14-/m1/s1. The minimum Gasteiger partial charge on any atom is -0.315 e. The molecular formula is C17H26N4. The van der Waals surface area contributed by atoms with Crippen molar-refractivity contribution in [3.63, 3.8) is 0 Å². The maximum atomic E-state index is 4.96. The lowest BCUT2D eigenvalue weighted by Gasteiger charge is -2.23. The molecule has 3 rings (SSSR count). The number of hydrogen-bond donors (Lipinski definition) is 1. The SMILES string of the molecule is Cc1ccc(C)n1-c1cc(C(C)(C)C)n([C@@H]2CCNC2)n1. The Hall–Kier alpha value is -1.55. The van der Waals surface area contributed by atoms with E-state index in [2.05, 4.69) is 67.4 Å². The van der Waals surface area contributed by atoms with Crippen molar-refractivity contribution in [1.29, 1.82) is 0 Å². The van der Waals surface area contributed by atoms with Gasteiger partial charge in [0.15, 0.2) is 5.82 Å². The molecule has 1 N–H and O–H groups in total. The van der Waals surface area contributed by atoms with E-state index in [0.717, 1.165) is 25.3 Å². The van der Waals surface area contributed by atoms with E-state index in [1.807, 2.05) is 0 Å². The van der Waals surface area contributed by atoms with Gasteiger partial charge in [-0.15, -0.1) is 0 Å². The van der Waals surface area contributed by atoms with Gasteiger partial charge in [-0.05, 0) is 38.9 Å². The molecule has 0 bridgehead atoms. The highest BCUT2D eigenvalue weighted by Crippen LogP contribution is 2.29. The highest BCUT2D eigenvalue weighted by atomic mass is 15.4. The van der Waals surface area contributed by atoms with E-state index in [1.54, 1.807) is 0 Å². The number of aromatic nitrogens is 3. The molecule has 0 radical (unpaired) electrons. The first-order valence-electron chi connectivity index (χ1n) is 7.84. The first-order chi connectivity index (χ1) is 9.88. The summed E-state index contributed by atoms with van der Waals surface area (Å²) < 4.78 is 4.50. The Morgan fingerprint density at radius 1 is 1.19 bits per heavy atom. The van der Waals surface area contributed by atoms with Crippen LogP contribution < -0.4 is 5.32 Å². The fourth-order valence-corrected chi connectivity index (χ4v) is 3.21. The minimum absolute atomic E-state index is 0.100. The van der Waals surface area contributed by atoms with Crippen molar-refractivity contribution in [1.82, 2.24) is 19.7 Å². The van der Waals surface area contributed by atoms with Crippen molar-refractivity contribution in [3.05, 3.63) is 35.3 Å². The molecule has 1 aliphatic rings. The normalized spacial score (nSPS) is 19.4. The zero-order valence-corrected chi connectivity index (χ0v) is 13.8. The van der Waals surface area contributed by atoms with Crippen molar-refractivity contribution in [2.45, 2.75) is 52.5 Å². The van der Waals surface area contributed by atoms with Crippen LogP contribution in [0, 0.1) is 13.8 Å². The molecule has 1 saturated heterocycles. The van der Waals surface area contributed by atoms with Gasteiger partial charge in [-0.2, -0.15) is 5.10 Å². The summed E-state index contributed by atoms with van der Waals surface area (Å²) in [6.45, 7) is 13.2. The third kappa shape index (κ3) is 2.53. The second-order valence-corrected chi connectivity index (χ2v) is 7.18. The van der Waals surface area contributed by atoms with Crippen molar-refractivity contribution >= 4 is 0 Å². The van der Waals surface area contributed by atoms with Gasteiger partial charge in [0.25, 0.3) is 0 Å². The quantitative estimate of drug-likeness (QED) is 0.920. The van der Waals surface area contributed by atoms with Crippen LogP contribution in [0.15, 0.2) is 18.2 Å². The van der Waals surface area contributed by atoms with Gasteiger partial charge < -0.3 is 9.88 Å². The lowest BCUT2D eigenvalue weighted by Crippen LogP contribution is -2.23. The van der Waals surface area contributed by atoms with Gasteiger partial charge in [-0.3, -0.25) is 4.68 Å². The summed E-state index contributed by atoms with van der Waals surface area (Å²) in [5, 5.41) is 8.41. The minimum atomic E-state index is 0.100. The van der Waals surface area contributed by atoms with E-state index >= 15 is 0 Å². The molecule has 21 heavy (non-hydrogen) atoms. The van der Waals surface area contributed by atoms with Gasteiger partial charge in [-0.1, -0.05) is 20.8 Å². The molecule has 1 atom stereocenters. The van der Waals surface area contributed by atoms with Crippen molar-refractivity contribution < 1.29 is 0 Å². The van der Waals surface area contributed by atoms with Crippen LogP contribution in [0.5, 0.6) is 0 Å². The Balaban J connectivity index is 2.12. The fraction of sp³-hybridized carbons (Fsp3) is 0.588. The Kier molecular flexibility index (Phi) is 3.44. The predicted octanol–water partition coefficient (Wildman–Crippen LogP) is 3.12. The molecule has 3 heterocycles. The topological polar surface area (TPSA) is 34.8 Å². The molecule has 2 aromatic heterocycles. The zero-order valence-electron chi connectivity index (χ0n) is 13.8. The Labute approximate surface area is 127 Å². The van der Waals surface area contributed by atoms with Crippen LogP contribution >= 0.6 is 0 Å². The summed E-state index contributed by atoms with van der Waals surface area (Å²) in [5.41, 5.74) is 3.89. The van der Waals surface area contributed by atoms with Crippen LogP contribution in [0.3, 0.4) is 0 Å². The van der Waals surface area contributed by atoms with E-state index in [1.165, 1.54) is 17.1 Å².